The predicted octanol–water partition coefficient (Wildman–Crippen LogP) is 4.52. The van der Waals surface area contributed by atoms with Gasteiger partial charge in [-0.2, -0.15) is 0 Å². The highest BCUT2D eigenvalue weighted by Crippen LogP contribution is 2.57. The van der Waals surface area contributed by atoms with Crippen molar-refractivity contribution in [3.05, 3.63) is 59.2 Å². The molecule has 4 rings (SSSR count). The first-order valence-electron chi connectivity index (χ1n) is 11.8. The number of carbonyl (C=O) groups excluding carboxylic acids is 1. The van der Waals surface area contributed by atoms with Crippen molar-refractivity contribution in [3.8, 4) is 0 Å². The molecule has 6 N–H and O–H groups in total. The molecular formula is C25H31N3O7S2. The third-order valence-corrected chi connectivity index (χ3v) is 9.21. The van der Waals surface area contributed by atoms with Crippen molar-refractivity contribution in [1.82, 2.24) is 0 Å². The Morgan fingerprint density at radius 3 is 2.54 bits per heavy atom. The van der Waals surface area contributed by atoms with Gasteiger partial charge in [-0.25, -0.2) is 8.42 Å². The van der Waals surface area contributed by atoms with Gasteiger partial charge >= 0.3 is 0 Å². The molecule has 0 saturated carbocycles. The van der Waals surface area contributed by atoms with Gasteiger partial charge in [0.05, 0.1) is 29.1 Å². The lowest BCUT2D eigenvalue weighted by molar-refractivity contribution is -0.120. The van der Waals surface area contributed by atoms with E-state index >= 15 is 0 Å². The standard InChI is InChI=1S/C25H31N3O7S2/c1-15(2)10-11-25(3)18-7-5-4-6-17(18)22(30)21(23(25)31)24-26-19-9-8-16(27-36(32,33)13-12-29)14-20(19)37(34,35)28-24/h4-9,14-15,27,29-30,34-35H,10-13H2,1-3H3,(H,26,28). The van der Waals surface area contributed by atoms with Crippen LogP contribution in [0.2, 0.25) is 0 Å². The maximum absolute atomic E-state index is 13.9. The Kier molecular flexibility index (Phi) is 7.16. The number of nitrogens with zero attached hydrogens (tertiary/aromatic N) is 1. The van der Waals surface area contributed by atoms with E-state index in [9.17, 15) is 27.4 Å². The number of hydrogen-bond acceptors (Lipinski definition) is 9. The Balaban J connectivity index is 1.78. The number of sulfonamides is 1. The van der Waals surface area contributed by atoms with Crippen molar-refractivity contribution in [1.29, 1.82) is 0 Å². The SMILES string of the molecule is CC(C)CCC1(C)C(=O)C(C2=NS(O)(O)c3cc(NS(=O)(=O)CCO)ccc3N2)=C(O)c2ccccc21. The second-order valence-corrected chi connectivity index (χ2v) is 13.3. The molecular weight excluding hydrogens is 518 g/mol. The molecule has 1 aliphatic heterocycles. The average molecular weight is 550 g/mol. The monoisotopic (exact) mass is 549 g/mol. The summed E-state index contributed by atoms with van der Waals surface area (Å²) in [5.74, 6) is -1.04. The van der Waals surface area contributed by atoms with Gasteiger partial charge in [0.15, 0.2) is 11.6 Å². The summed E-state index contributed by atoms with van der Waals surface area (Å²) < 4.78 is 52.1. The number of rotatable bonds is 8. The minimum Gasteiger partial charge on any atom is -0.506 e. The number of aliphatic hydroxyl groups excluding tert-OH is 2. The lowest BCUT2D eigenvalue weighted by Crippen LogP contribution is -2.42. The summed E-state index contributed by atoms with van der Waals surface area (Å²) in [5, 5.41) is 23.0. The Labute approximate surface area is 217 Å². The summed E-state index contributed by atoms with van der Waals surface area (Å²) in [6.07, 6.45) is 1.28. The number of carbonyl (C=O) groups is 1. The van der Waals surface area contributed by atoms with Crippen LogP contribution in [0.15, 0.2) is 57.3 Å². The van der Waals surface area contributed by atoms with Crippen LogP contribution in [-0.2, 0) is 20.2 Å². The fourth-order valence-corrected chi connectivity index (χ4v) is 6.58. The Hall–Kier alpha value is -2.90. The van der Waals surface area contributed by atoms with E-state index in [-0.39, 0.29) is 39.2 Å². The van der Waals surface area contributed by atoms with Gasteiger partial charge in [-0.15, -0.1) is 4.40 Å². The minimum atomic E-state index is -3.87. The quantitative estimate of drug-likeness (QED) is 0.279. The topological polar surface area (TPSA) is 169 Å². The number of anilines is 2. The van der Waals surface area contributed by atoms with Crippen molar-refractivity contribution in [2.45, 2.75) is 43.9 Å². The summed E-state index contributed by atoms with van der Waals surface area (Å²) in [7, 11) is -7.71. The number of amidine groups is 1. The zero-order valence-electron chi connectivity index (χ0n) is 20.7. The zero-order chi connectivity index (χ0) is 27.2. The van der Waals surface area contributed by atoms with Gasteiger partial charge in [0, 0.05) is 5.56 Å². The molecule has 1 unspecified atom stereocenters. The van der Waals surface area contributed by atoms with Crippen LogP contribution in [0.5, 0.6) is 0 Å². The highest BCUT2D eigenvalue weighted by molar-refractivity contribution is 8.23. The molecule has 0 amide bonds. The summed E-state index contributed by atoms with van der Waals surface area (Å²) in [5.41, 5.74) is 0.326. The van der Waals surface area contributed by atoms with E-state index in [1.54, 1.807) is 12.1 Å². The Morgan fingerprint density at radius 2 is 1.86 bits per heavy atom. The molecule has 0 radical (unpaired) electrons. The van der Waals surface area contributed by atoms with Crippen LogP contribution in [0.25, 0.3) is 5.76 Å². The molecule has 0 saturated heterocycles. The molecule has 2 aliphatic rings. The maximum Gasteiger partial charge on any atom is 0.234 e. The van der Waals surface area contributed by atoms with E-state index in [2.05, 4.69) is 28.3 Å². The number of hydrogen-bond donors (Lipinski definition) is 6. The van der Waals surface area contributed by atoms with Gasteiger partial charge in [0.25, 0.3) is 0 Å². The fraction of sp³-hybridized carbons (Fsp3) is 0.360. The third-order valence-electron chi connectivity index (χ3n) is 6.58. The normalized spacial score (nSPS) is 21.6. The molecule has 0 aromatic heterocycles. The number of nitrogens with one attached hydrogen (secondary N) is 2. The van der Waals surface area contributed by atoms with Crippen molar-refractivity contribution < 1.29 is 32.5 Å². The van der Waals surface area contributed by atoms with E-state index in [0.717, 1.165) is 6.42 Å². The van der Waals surface area contributed by atoms with E-state index in [0.29, 0.717) is 23.5 Å². The second kappa shape index (κ2) is 9.76. The summed E-state index contributed by atoms with van der Waals surface area (Å²) in [6, 6.07) is 11.1. The molecule has 12 heteroatoms. The fourth-order valence-electron chi connectivity index (χ4n) is 4.56. The third kappa shape index (κ3) is 5.12. The predicted molar refractivity (Wildman–Crippen MR) is 146 cm³/mol. The molecule has 0 bridgehead atoms. The van der Waals surface area contributed by atoms with Gasteiger partial charge in [0.1, 0.15) is 16.2 Å². The lowest BCUT2D eigenvalue weighted by atomic mass is 9.66. The van der Waals surface area contributed by atoms with Gasteiger partial charge in [0.2, 0.25) is 10.0 Å². The Morgan fingerprint density at radius 1 is 1.16 bits per heavy atom. The molecule has 0 spiro atoms. The molecule has 10 nitrogen and oxygen atoms in total. The first kappa shape index (κ1) is 27.1. The van der Waals surface area contributed by atoms with Crippen molar-refractivity contribution in [2.75, 3.05) is 22.4 Å². The zero-order valence-corrected chi connectivity index (χ0v) is 22.4. The summed E-state index contributed by atoms with van der Waals surface area (Å²) in [6.45, 7) is 5.38. The van der Waals surface area contributed by atoms with Crippen LogP contribution in [-0.4, -0.2) is 51.7 Å². The molecule has 37 heavy (non-hydrogen) atoms. The van der Waals surface area contributed by atoms with Gasteiger partial charge < -0.3 is 15.5 Å². The number of ketones is 1. The van der Waals surface area contributed by atoms with E-state index in [1.807, 2.05) is 19.1 Å². The number of benzene rings is 2. The lowest BCUT2D eigenvalue weighted by Gasteiger charge is -2.39. The van der Waals surface area contributed by atoms with Crippen molar-refractivity contribution in [2.24, 2.45) is 10.3 Å². The van der Waals surface area contributed by atoms with E-state index < -0.39 is 38.6 Å². The van der Waals surface area contributed by atoms with Gasteiger partial charge in [-0.05, 0) is 49.4 Å². The maximum atomic E-state index is 13.9. The minimum absolute atomic E-state index is 0.0543. The van der Waals surface area contributed by atoms with E-state index in [4.69, 9.17) is 5.11 Å². The Bertz CT molecular complexity index is 1420. The average Bonchev–Trinajstić information content (AvgIpc) is 2.81. The number of Topliss-reactive ketones (excluding diaryl/α,β-unsaturated/α-hetero) is 1. The van der Waals surface area contributed by atoms with Crippen molar-refractivity contribution >= 4 is 49.6 Å². The molecule has 200 valence electrons. The molecule has 1 atom stereocenters. The van der Waals surface area contributed by atoms with Crippen molar-refractivity contribution in [3.63, 3.8) is 0 Å². The smallest absolute Gasteiger partial charge is 0.234 e. The highest BCUT2D eigenvalue weighted by Gasteiger charge is 2.46. The van der Waals surface area contributed by atoms with Crippen LogP contribution in [0, 0.1) is 5.92 Å². The van der Waals surface area contributed by atoms with Crippen LogP contribution >= 0.6 is 10.8 Å². The van der Waals surface area contributed by atoms with Crippen LogP contribution < -0.4 is 10.0 Å². The van der Waals surface area contributed by atoms with Gasteiger partial charge in [-0.3, -0.25) is 18.6 Å². The molecule has 1 heterocycles. The number of aliphatic hydroxyl groups is 2. The second-order valence-electron chi connectivity index (χ2n) is 9.80. The van der Waals surface area contributed by atoms with Crippen LogP contribution in [0.4, 0.5) is 11.4 Å². The first-order valence-corrected chi connectivity index (χ1v) is 14.9. The molecule has 1 aliphatic carbocycles. The highest BCUT2D eigenvalue weighted by atomic mass is 32.3. The number of fused-ring (bicyclic) bond motifs is 2. The molecule has 2 aromatic rings. The van der Waals surface area contributed by atoms with E-state index in [1.165, 1.54) is 18.2 Å². The molecule has 2 aromatic carbocycles. The summed E-state index contributed by atoms with van der Waals surface area (Å²) in [4.78, 5) is 13.9. The first-order chi connectivity index (χ1) is 17.3. The van der Waals surface area contributed by atoms with Crippen LogP contribution in [0.1, 0.15) is 44.7 Å². The largest absolute Gasteiger partial charge is 0.506 e. The molecule has 0 fully saturated rings. The van der Waals surface area contributed by atoms with Gasteiger partial charge in [-0.1, -0.05) is 48.9 Å². The summed E-state index contributed by atoms with van der Waals surface area (Å²) >= 11 is 0. The van der Waals surface area contributed by atoms with Crippen LogP contribution in [0.3, 0.4) is 0 Å².